The molecule has 0 aliphatic carbocycles. The summed E-state index contributed by atoms with van der Waals surface area (Å²) in [5.41, 5.74) is 2.13. The molecule has 1 N–H and O–H groups in total. The minimum absolute atomic E-state index is 0.507. The van der Waals surface area contributed by atoms with Crippen molar-refractivity contribution in [3.63, 3.8) is 0 Å². The maximum atomic E-state index is 5.00. The van der Waals surface area contributed by atoms with Crippen LogP contribution in [0, 0.1) is 0 Å². The van der Waals surface area contributed by atoms with Gasteiger partial charge in [0, 0.05) is 24.7 Å². The van der Waals surface area contributed by atoms with E-state index in [9.17, 15) is 0 Å². The summed E-state index contributed by atoms with van der Waals surface area (Å²) in [6.45, 7) is 9.10. The molecule has 0 saturated carbocycles. The third-order valence-electron chi connectivity index (χ3n) is 5.50. The van der Waals surface area contributed by atoms with E-state index in [1.165, 1.54) is 38.2 Å². The first kappa shape index (κ1) is 15.1. The van der Waals surface area contributed by atoms with Crippen molar-refractivity contribution >= 4 is 11.2 Å². The van der Waals surface area contributed by atoms with Gasteiger partial charge < -0.3 is 14.8 Å². The number of rotatable bonds is 3. The Hall–Kier alpha value is -1.46. The van der Waals surface area contributed by atoms with E-state index in [1.807, 2.05) is 12.3 Å². The molecule has 2 fully saturated rings. The molecule has 2 saturated heterocycles. The molecule has 2 aromatic rings. The molecular weight excluding hydrogens is 286 g/mol. The minimum atomic E-state index is 0.507. The zero-order valence-corrected chi connectivity index (χ0v) is 14.2. The van der Waals surface area contributed by atoms with Gasteiger partial charge in [0.25, 0.3) is 0 Å². The van der Waals surface area contributed by atoms with Crippen molar-refractivity contribution in [1.82, 2.24) is 24.8 Å². The van der Waals surface area contributed by atoms with Crippen molar-refractivity contribution in [1.29, 1.82) is 0 Å². The standard InChI is InChI=1S/C18H27N5/c1-13(2)22-10-6-14(7-11-22)17-21-16-4-3-8-20-18(16)23(17)15-5-9-19-12-15/h3-4,8,13-15,19H,5-7,9-12H2,1-2H3. The minimum Gasteiger partial charge on any atom is -0.315 e. The topological polar surface area (TPSA) is 46.0 Å². The van der Waals surface area contributed by atoms with Crippen molar-refractivity contribution in [2.45, 2.75) is 51.1 Å². The first-order valence-corrected chi connectivity index (χ1v) is 9.01. The molecule has 2 aromatic heterocycles. The number of likely N-dealkylation sites (tertiary alicyclic amines) is 1. The molecule has 2 aliphatic heterocycles. The Morgan fingerprint density at radius 3 is 2.74 bits per heavy atom. The van der Waals surface area contributed by atoms with Gasteiger partial charge in [-0.05, 0) is 64.9 Å². The van der Waals surface area contributed by atoms with Crippen LogP contribution < -0.4 is 5.32 Å². The Morgan fingerprint density at radius 2 is 2.04 bits per heavy atom. The number of aromatic nitrogens is 3. The van der Waals surface area contributed by atoms with Crippen LogP contribution in [-0.4, -0.2) is 51.7 Å². The molecule has 4 rings (SSSR count). The van der Waals surface area contributed by atoms with Crippen LogP contribution in [0.2, 0.25) is 0 Å². The number of imidazole rings is 1. The lowest BCUT2D eigenvalue weighted by molar-refractivity contribution is 0.168. The van der Waals surface area contributed by atoms with Crippen LogP contribution in [0.15, 0.2) is 18.3 Å². The fourth-order valence-electron chi connectivity index (χ4n) is 4.13. The molecule has 5 heteroatoms. The van der Waals surface area contributed by atoms with E-state index in [2.05, 4.69) is 39.7 Å². The average Bonchev–Trinajstić information content (AvgIpc) is 3.21. The summed E-state index contributed by atoms with van der Waals surface area (Å²) in [5.74, 6) is 1.84. The molecule has 5 nitrogen and oxygen atoms in total. The third kappa shape index (κ3) is 2.76. The number of hydrogen-bond acceptors (Lipinski definition) is 4. The average molecular weight is 313 g/mol. The summed E-state index contributed by atoms with van der Waals surface area (Å²) in [7, 11) is 0. The number of pyridine rings is 1. The van der Waals surface area contributed by atoms with Gasteiger partial charge in [0.15, 0.2) is 5.65 Å². The van der Waals surface area contributed by atoms with E-state index >= 15 is 0 Å². The summed E-state index contributed by atoms with van der Waals surface area (Å²) in [4.78, 5) is 12.2. The van der Waals surface area contributed by atoms with Gasteiger partial charge in [0.1, 0.15) is 11.3 Å². The van der Waals surface area contributed by atoms with Crippen molar-refractivity contribution in [2.24, 2.45) is 0 Å². The number of piperidine rings is 1. The highest BCUT2D eigenvalue weighted by Gasteiger charge is 2.30. The lowest BCUT2D eigenvalue weighted by Crippen LogP contribution is -2.38. The highest BCUT2D eigenvalue weighted by molar-refractivity contribution is 5.71. The smallest absolute Gasteiger partial charge is 0.160 e. The van der Waals surface area contributed by atoms with Crippen LogP contribution in [0.3, 0.4) is 0 Å². The first-order chi connectivity index (χ1) is 11.2. The normalized spacial score (nSPS) is 24.0. The summed E-state index contributed by atoms with van der Waals surface area (Å²) in [6, 6.07) is 5.26. The highest BCUT2D eigenvalue weighted by atomic mass is 15.2. The summed E-state index contributed by atoms with van der Waals surface area (Å²) >= 11 is 0. The van der Waals surface area contributed by atoms with Crippen LogP contribution in [-0.2, 0) is 0 Å². The van der Waals surface area contributed by atoms with Crippen LogP contribution >= 0.6 is 0 Å². The molecule has 2 aliphatic rings. The maximum absolute atomic E-state index is 5.00. The van der Waals surface area contributed by atoms with Gasteiger partial charge in [0.2, 0.25) is 0 Å². The van der Waals surface area contributed by atoms with Gasteiger partial charge in [-0.15, -0.1) is 0 Å². The van der Waals surface area contributed by atoms with Crippen LogP contribution in [0.25, 0.3) is 11.2 Å². The Morgan fingerprint density at radius 1 is 1.22 bits per heavy atom. The van der Waals surface area contributed by atoms with Crippen molar-refractivity contribution < 1.29 is 0 Å². The van der Waals surface area contributed by atoms with Gasteiger partial charge in [0.05, 0.1) is 6.04 Å². The Bertz CT molecular complexity index is 663. The largest absolute Gasteiger partial charge is 0.315 e. The fourth-order valence-corrected chi connectivity index (χ4v) is 4.13. The third-order valence-corrected chi connectivity index (χ3v) is 5.50. The SMILES string of the molecule is CC(C)N1CCC(c2nc3cccnc3n2C2CCNC2)CC1. The van der Waals surface area contributed by atoms with Gasteiger partial charge in [-0.25, -0.2) is 9.97 Å². The summed E-state index contributed by atoms with van der Waals surface area (Å²) < 4.78 is 2.45. The predicted octanol–water partition coefficient (Wildman–Crippen LogP) is 2.55. The molecule has 1 atom stereocenters. The second-order valence-corrected chi connectivity index (χ2v) is 7.24. The van der Waals surface area contributed by atoms with Gasteiger partial charge in [-0.1, -0.05) is 0 Å². The molecule has 0 bridgehead atoms. The number of nitrogens with one attached hydrogen (secondary N) is 1. The predicted molar refractivity (Wildman–Crippen MR) is 92.7 cm³/mol. The Labute approximate surface area is 138 Å². The zero-order valence-electron chi connectivity index (χ0n) is 14.2. The summed E-state index contributed by atoms with van der Waals surface area (Å²) in [5, 5.41) is 3.49. The summed E-state index contributed by atoms with van der Waals surface area (Å²) in [6.07, 6.45) is 5.50. The van der Waals surface area contributed by atoms with E-state index in [0.717, 1.165) is 24.3 Å². The van der Waals surface area contributed by atoms with E-state index in [0.29, 0.717) is 18.0 Å². The highest BCUT2D eigenvalue weighted by Crippen LogP contribution is 2.33. The fraction of sp³-hybridized carbons (Fsp3) is 0.667. The molecule has 0 spiro atoms. The number of fused-ring (bicyclic) bond motifs is 1. The lowest BCUT2D eigenvalue weighted by atomic mass is 9.95. The molecule has 0 amide bonds. The molecule has 0 radical (unpaired) electrons. The van der Waals surface area contributed by atoms with Gasteiger partial charge in [-0.3, -0.25) is 0 Å². The molecule has 4 heterocycles. The molecular formula is C18H27N5. The van der Waals surface area contributed by atoms with Crippen LogP contribution in [0.1, 0.15) is 50.9 Å². The van der Waals surface area contributed by atoms with Crippen LogP contribution in [0.4, 0.5) is 0 Å². The van der Waals surface area contributed by atoms with E-state index in [1.54, 1.807) is 0 Å². The van der Waals surface area contributed by atoms with E-state index in [4.69, 9.17) is 4.98 Å². The molecule has 23 heavy (non-hydrogen) atoms. The van der Waals surface area contributed by atoms with Gasteiger partial charge >= 0.3 is 0 Å². The zero-order chi connectivity index (χ0) is 15.8. The van der Waals surface area contributed by atoms with Gasteiger partial charge in [-0.2, -0.15) is 0 Å². The lowest BCUT2D eigenvalue weighted by Gasteiger charge is -2.34. The number of nitrogens with zero attached hydrogens (tertiary/aromatic N) is 4. The second-order valence-electron chi connectivity index (χ2n) is 7.24. The van der Waals surface area contributed by atoms with E-state index in [-0.39, 0.29) is 0 Å². The van der Waals surface area contributed by atoms with E-state index < -0.39 is 0 Å². The Balaban J connectivity index is 1.68. The first-order valence-electron chi connectivity index (χ1n) is 9.01. The monoisotopic (exact) mass is 313 g/mol. The second kappa shape index (κ2) is 6.21. The molecule has 124 valence electrons. The van der Waals surface area contributed by atoms with Crippen molar-refractivity contribution in [3.05, 3.63) is 24.2 Å². The number of hydrogen-bond donors (Lipinski definition) is 1. The molecule has 1 unspecified atom stereocenters. The molecule has 0 aromatic carbocycles. The maximum Gasteiger partial charge on any atom is 0.160 e. The van der Waals surface area contributed by atoms with Crippen molar-refractivity contribution in [2.75, 3.05) is 26.2 Å². The Kier molecular flexibility index (Phi) is 4.07. The quantitative estimate of drug-likeness (QED) is 0.946. The van der Waals surface area contributed by atoms with Crippen LogP contribution in [0.5, 0.6) is 0 Å². The van der Waals surface area contributed by atoms with Crippen molar-refractivity contribution in [3.8, 4) is 0 Å².